The lowest BCUT2D eigenvalue weighted by Crippen LogP contribution is -2.55. The molecule has 1 aromatic rings. The number of amides is 3. The molecule has 0 saturated heterocycles. The highest BCUT2D eigenvalue weighted by Crippen LogP contribution is 2.07. The number of aromatic nitrogens is 2. The first-order chi connectivity index (χ1) is 13.1. The van der Waals surface area contributed by atoms with Crippen molar-refractivity contribution in [2.45, 2.75) is 57.7 Å². The quantitative estimate of drug-likeness (QED) is 0.251. The highest BCUT2D eigenvalue weighted by Gasteiger charge is 2.28. The molecule has 156 valence electrons. The van der Waals surface area contributed by atoms with E-state index in [0.717, 1.165) is 0 Å². The first kappa shape index (κ1) is 23.1. The number of hydrogen-bond acceptors (Lipinski definition) is 6. The van der Waals surface area contributed by atoms with E-state index in [4.69, 9.17) is 11.5 Å². The maximum atomic E-state index is 12.5. The number of nitrogens with two attached hydrogens (primary N) is 2. The van der Waals surface area contributed by atoms with Gasteiger partial charge in [-0.25, -0.2) is 9.78 Å². The second-order valence-corrected chi connectivity index (χ2v) is 6.98. The van der Waals surface area contributed by atoms with Crippen LogP contribution in [0.25, 0.3) is 0 Å². The summed E-state index contributed by atoms with van der Waals surface area (Å²) in [4.78, 5) is 54.0. The van der Waals surface area contributed by atoms with Gasteiger partial charge in [-0.3, -0.25) is 14.4 Å². The maximum Gasteiger partial charge on any atom is 0.326 e. The van der Waals surface area contributed by atoms with Gasteiger partial charge in [0.1, 0.15) is 12.1 Å². The number of rotatable bonds is 12. The Morgan fingerprint density at radius 3 is 2.32 bits per heavy atom. The molecular formula is C17H28N6O5. The molecule has 1 aromatic heterocycles. The number of carbonyl (C=O) groups excluding carboxylic acids is 3. The van der Waals surface area contributed by atoms with Crippen molar-refractivity contribution >= 4 is 23.7 Å². The predicted octanol–water partition coefficient (Wildman–Crippen LogP) is -1.35. The molecule has 11 nitrogen and oxygen atoms in total. The van der Waals surface area contributed by atoms with Gasteiger partial charge in [0.25, 0.3) is 0 Å². The molecule has 1 rings (SSSR count). The molecule has 11 heteroatoms. The van der Waals surface area contributed by atoms with Crippen LogP contribution >= 0.6 is 0 Å². The van der Waals surface area contributed by atoms with Crippen LogP contribution in [0.1, 0.15) is 38.8 Å². The number of primary amides is 1. The van der Waals surface area contributed by atoms with E-state index in [1.54, 1.807) is 0 Å². The molecule has 1 heterocycles. The topological polar surface area (TPSA) is 193 Å². The summed E-state index contributed by atoms with van der Waals surface area (Å²) in [7, 11) is 0. The number of H-pyrrole nitrogens is 1. The van der Waals surface area contributed by atoms with Crippen LogP contribution in [0.4, 0.5) is 0 Å². The van der Waals surface area contributed by atoms with E-state index < -0.39 is 41.8 Å². The summed E-state index contributed by atoms with van der Waals surface area (Å²) in [6.45, 7) is 3.64. The Morgan fingerprint density at radius 1 is 1.18 bits per heavy atom. The second-order valence-electron chi connectivity index (χ2n) is 6.98. The Balaban J connectivity index is 2.79. The number of carbonyl (C=O) groups is 4. The van der Waals surface area contributed by atoms with Crippen LogP contribution < -0.4 is 22.1 Å². The van der Waals surface area contributed by atoms with Gasteiger partial charge in [-0.1, -0.05) is 13.8 Å². The van der Waals surface area contributed by atoms with Crippen LogP contribution in [-0.2, 0) is 25.6 Å². The Morgan fingerprint density at radius 2 is 1.82 bits per heavy atom. The van der Waals surface area contributed by atoms with Crippen molar-refractivity contribution in [3.63, 3.8) is 0 Å². The van der Waals surface area contributed by atoms with Gasteiger partial charge in [0.05, 0.1) is 12.4 Å². The summed E-state index contributed by atoms with van der Waals surface area (Å²) >= 11 is 0. The van der Waals surface area contributed by atoms with Crippen LogP contribution in [0, 0.1) is 5.92 Å². The van der Waals surface area contributed by atoms with Gasteiger partial charge >= 0.3 is 5.97 Å². The number of aliphatic carboxylic acids is 1. The lowest BCUT2D eigenvalue weighted by atomic mass is 10.0. The van der Waals surface area contributed by atoms with Gasteiger partial charge in [0.2, 0.25) is 17.7 Å². The predicted molar refractivity (Wildman–Crippen MR) is 99.6 cm³/mol. The van der Waals surface area contributed by atoms with Crippen LogP contribution in [-0.4, -0.2) is 56.9 Å². The minimum Gasteiger partial charge on any atom is -0.480 e. The summed E-state index contributed by atoms with van der Waals surface area (Å²) in [5.74, 6) is -3.13. The van der Waals surface area contributed by atoms with E-state index in [2.05, 4.69) is 20.6 Å². The Kier molecular flexibility index (Phi) is 9.09. The van der Waals surface area contributed by atoms with E-state index in [1.807, 2.05) is 13.8 Å². The molecule has 0 radical (unpaired) electrons. The molecule has 28 heavy (non-hydrogen) atoms. The van der Waals surface area contributed by atoms with E-state index in [1.165, 1.54) is 12.5 Å². The van der Waals surface area contributed by atoms with Crippen molar-refractivity contribution < 1.29 is 24.3 Å². The fourth-order valence-electron chi connectivity index (χ4n) is 2.53. The number of nitrogens with one attached hydrogen (secondary N) is 3. The highest BCUT2D eigenvalue weighted by molar-refractivity contribution is 5.92. The molecule has 0 bridgehead atoms. The summed E-state index contributed by atoms with van der Waals surface area (Å²) in [5, 5.41) is 14.1. The largest absolute Gasteiger partial charge is 0.480 e. The highest BCUT2D eigenvalue weighted by atomic mass is 16.4. The molecule has 0 unspecified atom stereocenters. The number of hydrogen-bond donors (Lipinski definition) is 6. The van der Waals surface area contributed by atoms with Crippen LogP contribution in [0.15, 0.2) is 12.5 Å². The van der Waals surface area contributed by atoms with Crippen molar-refractivity contribution in [1.82, 2.24) is 20.6 Å². The van der Waals surface area contributed by atoms with Crippen LogP contribution in [0.2, 0.25) is 0 Å². The summed E-state index contributed by atoms with van der Waals surface area (Å²) < 4.78 is 0. The monoisotopic (exact) mass is 396 g/mol. The molecule has 0 aliphatic heterocycles. The summed E-state index contributed by atoms with van der Waals surface area (Å²) in [6, 6.07) is -3.21. The zero-order chi connectivity index (χ0) is 21.3. The average molecular weight is 396 g/mol. The van der Waals surface area contributed by atoms with Crippen molar-refractivity contribution in [2.75, 3.05) is 0 Å². The van der Waals surface area contributed by atoms with Crippen LogP contribution in [0.5, 0.6) is 0 Å². The Labute approximate surface area is 162 Å². The van der Waals surface area contributed by atoms with Crippen LogP contribution in [0.3, 0.4) is 0 Å². The first-order valence-electron chi connectivity index (χ1n) is 8.94. The molecule has 0 aromatic carbocycles. The second kappa shape index (κ2) is 11.0. The van der Waals surface area contributed by atoms with Crippen molar-refractivity contribution in [3.05, 3.63) is 18.2 Å². The SMILES string of the molecule is CC(C)C[C@H](NC(=O)[C@H](CCC(N)=O)NC(=O)[C@@H](N)Cc1cnc[nH]1)C(=O)O. The molecule has 3 amide bonds. The lowest BCUT2D eigenvalue weighted by Gasteiger charge is -2.23. The van der Waals surface area contributed by atoms with Gasteiger partial charge < -0.3 is 32.2 Å². The Hall–Kier alpha value is -2.95. The third kappa shape index (κ3) is 8.16. The van der Waals surface area contributed by atoms with Crippen molar-refractivity contribution in [3.8, 4) is 0 Å². The van der Waals surface area contributed by atoms with E-state index in [-0.39, 0.29) is 31.6 Å². The molecule has 0 fully saturated rings. The standard InChI is InChI=1S/C17H28N6O5/c1-9(2)5-13(17(27)28)23-16(26)12(3-4-14(19)24)22-15(25)11(18)6-10-7-20-8-21-10/h7-9,11-13H,3-6,18H2,1-2H3,(H2,19,24)(H,20,21)(H,22,25)(H,23,26)(H,27,28)/t11-,12-,13-/m0/s1. The van der Waals surface area contributed by atoms with E-state index >= 15 is 0 Å². The number of nitrogens with zero attached hydrogens (tertiary/aromatic N) is 1. The number of aromatic amines is 1. The molecule has 3 atom stereocenters. The fourth-order valence-corrected chi connectivity index (χ4v) is 2.53. The first-order valence-corrected chi connectivity index (χ1v) is 8.94. The molecule has 0 aliphatic carbocycles. The average Bonchev–Trinajstić information content (AvgIpc) is 3.09. The maximum absolute atomic E-state index is 12.5. The fraction of sp³-hybridized carbons (Fsp3) is 0.588. The third-order valence-electron chi connectivity index (χ3n) is 3.97. The smallest absolute Gasteiger partial charge is 0.326 e. The summed E-state index contributed by atoms with van der Waals surface area (Å²) in [6.07, 6.45) is 3.13. The van der Waals surface area contributed by atoms with E-state index in [9.17, 15) is 24.3 Å². The van der Waals surface area contributed by atoms with Crippen molar-refractivity contribution in [2.24, 2.45) is 17.4 Å². The molecule has 8 N–H and O–H groups in total. The number of imidazole rings is 1. The molecule has 0 saturated carbocycles. The Bertz CT molecular complexity index is 676. The van der Waals surface area contributed by atoms with Gasteiger partial charge in [-0.2, -0.15) is 0 Å². The number of carboxylic acid groups (broad SMARTS) is 1. The lowest BCUT2D eigenvalue weighted by molar-refractivity contribution is -0.142. The number of carboxylic acids is 1. The summed E-state index contributed by atoms with van der Waals surface area (Å²) in [5.41, 5.74) is 11.6. The van der Waals surface area contributed by atoms with Gasteiger partial charge in [0, 0.05) is 24.7 Å². The van der Waals surface area contributed by atoms with Gasteiger partial charge in [0.15, 0.2) is 0 Å². The van der Waals surface area contributed by atoms with E-state index in [0.29, 0.717) is 5.69 Å². The van der Waals surface area contributed by atoms with Crippen molar-refractivity contribution in [1.29, 1.82) is 0 Å². The minimum absolute atomic E-state index is 0.0305. The van der Waals surface area contributed by atoms with Gasteiger partial charge in [-0.15, -0.1) is 0 Å². The molecule has 0 aliphatic rings. The molecular weight excluding hydrogens is 368 g/mol. The molecule has 0 spiro atoms. The van der Waals surface area contributed by atoms with Gasteiger partial charge in [-0.05, 0) is 18.8 Å². The third-order valence-corrected chi connectivity index (χ3v) is 3.97. The zero-order valence-electron chi connectivity index (χ0n) is 16.0. The zero-order valence-corrected chi connectivity index (χ0v) is 16.0. The minimum atomic E-state index is -1.18. The normalized spacial score (nSPS) is 14.1.